The van der Waals surface area contributed by atoms with Crippen molar-refractivity contribution in [2.45, 2.75) is 25.8 Å². The molecular formula is C15H20ClN3O3. The molecule has 120 valence electrons. The molecule has 2 aliphatic heterocycles. The van der Waals surface area contributed by atoms with Crippen LogP contribution in [0.5, 0.6) is 0 Å². The summed E-state index contributed by atoms with van der Waals surface area (Å²) in [7, 11) is 0. The lowest BCUT2D eigenvalue weighted by Gasteiger charge is -2.34. The predicted octanol–water partition coefficient (Wildman–Crippen LogP) is 2.15. The molecule has 0 saturated carbocycles. The van der Waals surface area contributed by atoms with Gasteiger partial charge in [0.2, 0.25) is 0 Å². The van der Waals surface area contributed by atoms with Gasteiger partial charge in [0.05, 0.1) is 4.92 Å². The number of rotatable bonds is 2. The SMILES string of the molecule is Cc1cccc(C(=O)N2CCC3NCCC3C2)c1[N+](=O)[O-].Cl. The molecule has 1 aromatic rings. The van der Waals surface area contributed by atoms with Crippen LogP contribution in [0.3, 0.4) is 0 Å². The zero-order valence-corrected chi connectivity index (χ0v) is 13.3. The number of hydrogen-bond acceptors (Lipinski definition) is 4. The molecule has 1 amide bonds. The third-order valence-corrected chi connectivity index (χ3v) is 4.59. The van der Waals surface area contributed by atoms with Crippen LogP contribution in [0.25, 0.3) is 0 Å². The molecule has 0 radical (unpaired) electrons. The molecule has 2 aliphatic rings. The number of nitrogens with one attached hydrogen (secondary N) is 1. The van der Waals surface area contributed by atoms with Gasteiger partial charge in [-0.25, -0.2) is 0 Å². The Morgan fingerprint density at radius 3 is 2.91 bits per heavy atom. The van der Waals surface area contributed by atoms with Crippen LogP contribution < -0.4 is 5.32 Å². The minimum atomic E-state index is -0.452. The molecule has 2 atom stereocenters. The molecule has 1 aromatic carbocycles. The number of amides is 1. The lowest BCUT2D eigenvalue weighted by atomic mass is 9.92. The molecule has 0 bridgehead atoms. The van der Waals surface area contributed by atoms with Gasteiger partial charge in [0.15, 0.2) is 0 Å². The monoisotopic (exact) mass is 325 g/mol. The van der Waals surface area contributed by atoms with E-state index in [1.54, 1.807) is 30.0 Å². The minimum Gasteiger partial charge on any atom is -0.338 e. The van der Waals surface area contributed by atoms with Crippen molar-refractivity contribution in [3.63, 3.8) is 0 Å². The number of halogens is 1. The van der Waals surface area contributed by atoms with E-state index in [2.05, 4.69) is 5.32 Å². The molecule has 2 heterocycles. The summed E-state index contributed by atoms with van der Waals surface area (Å²) in [5, 5.41) is 14.7. The number of benzene rings is 1. The fraction of sp³-hybridized carbons (Fsp3) is 0.533. The number of carbonyl (C=O) groups is 1. The Morgan fingerprint density at radius 1 is 1.41 bits per heavy atom. The molecule has 22 heavy (non-hydrogen) atoms. The number of nitro groups is 1. The van der Waals surface area contributed by atoms with Gasteiger partial charge in [0, 0.05) is 24.7 Å². The van der Waals surface area contributed by atoms with E-state index < -0.39 is 4.92 Å². The topological polar surface area (TPSA) is 75.5 Å². The van der Waals surface area contributed by atoms with E-state index in [1.165, 1.54) is 0 Å². The fourth-order valence-electron chi connectivity index (χ4n) is 3.48. The lowest BCUT2D eigenvalue weighted by molar-refractivity contribution is -0.385. The Hall–Kier alpha value is -1.66. The summed E-state index contributed by atoms with van der Waals surface area (Å²) in [5.41, 5.74) is 0.682. The van der Waals surface area contributed by atoms with Gasteiger partial charge < -0.3 is 10.2 Å². The largest absolute Gasteiger partial charge is 0.338 e. The molecular weight excluding hydrogens is 306 g/mol. The number of nitro benzene ring substituents is 1. The van der Waals surface area contributed by atoms with Crippen LogP contribution in [0, 0.1) is 23.0 Å². The predicted molar refractivity (Wildman–Crippen MR) is 85.5 cm³/mol. The second kappa shape index (κ2) is 6.62. The number of fused-ring (bicyclic) bond motifs is 1. The van der Waals surface area contributed by atoms with E-state index in [0.29, 0.717) is 30.6 Å². The number of piperidine rings is 1. The Labute approximate surface area is 135 Å². The number of likely N-dealkylation sites (tertiary alicyclic amines) is 1. The summed E-state index contributed by atoms with van der Waals surface area (Å²) >= 11 is 0. The highest BCUT2D eigenvalue weighted by Crippen LogP contribution is 2.29. The van der Waals surface area contributed by atoms with E-state index in [4.69, 9.17) is 0 Å². The van der Waals surface area contributed by atoms with Crippen molar-refractivity contribution < 1.29 is 9.72 Å². The van der Waals surface area contributed by atoms with Crippen LogP contribution in [-0.2, 0) is 0 Å². The van der Waals surface area contributed by atoms with Crippen molar-refractivity contribution >= 4 is 24.0 Å². The standard InChI is InChI=1S/C15H19N3O3.ClH/c1-10-3-2-4-12(14(10)18(20)21)15(19)17-8-6-13-11(9-17)5-7-16-13;/h2-4,11,13,16H,5-9H2,1H3;1H. The van der Waals surface area contributed by atoms with Crippen LogP contribution in [0.15, 0.2) is 18.2 Å². The molecule has 6 nitrogen and oxygen atoms in total. The van der Waals surface area contributed by atoms with Gasteiger partial charge in [-0.05, 0) is 38.3 Å². The van der Waals surface area contributed by atoms with Gasteiger partial charge in [0.25, 0.3) is 11.6 Å². The van der Waals surface area contributed by atoms with Gasteiger partial charge in [-0.3, -0.25) is 14.9 Å². The third kappa shape index (κ3) is 2.94. The quantitative estimate of drug-likeness (QED) is 0.667. The maximum Gasteiger partial charge on any atom is 0.285 e. The number of hydrogen-bond donors (Lipinski definition) is 1. The second-order valence-electron chi connectivity index (χ2n) is 5.88. The average Bonchev–Trinajstić information content (AvgIpc) is 2.93. The van der Waals surface area contributed by atoms with Crippen molar-refractivity contribution in [2.24, 2.45) is 5.92 Å². The Balaban J connectivity index is 0.00000176. The molecule has 3 rings (SSSR count). The van der Waals surface area contributed by atoms with Crippen LogP contribution in [0.2, 0.25) is 0 Å². The third-order valence-electron chi connectivity index (χ3n) is 4.59. The summed E-state index contributed by atoms with van der Waals surface area (Å²) in [6.45, 7) is 4.03. The molecule has 0 aliphatic carbocycles. The minimum absolute atomic E-state index is 0. The molecule has 7 heteroatoms. The smallest absolute Gasteiger partial charge is 0.285 e. The first kappa shape index (κ1) is 16.7. The van der Waals surface area contributed by atoms with Crippen molar-refractivity contribution in [1.29, 1.82) is 0 Å². The van der Waals surface area contributed by atoms with Crippen molar-refractivity contribution in [2.75, 3.05) is 19.6 Å². The van der Waals surface area contributed by atoms with Gasteiger partial charge in [-0.2, -0.15) is 0 Å². The van der Waals surface area contributed by atoms with Gasteiger partial charge in [-0.15, -0.1) is 12.4 Å². The molecule has 2 unspecified atom stereocenters. The zero-order chi connectivity index (χ0) is 15.0. The first-order chi connectivity index (χ1) is 10.1. The molecule has 0 spiro atoms. The molecule has 2 fully saturated rings. The van der Waals surface area contributed by atoms with E-state index in [0.717, 1.165) is 19.4 Å². The summed E-state index contributed by atoms with van der Waals surface area (Å²) in [5.74, 6) is 0.266. The highest BCUT2D eigenvalue weighted by atomic mass is 35.5. The Morgan fingerprint density at radius 2 is 2.18 bits per heavy atom. The van der Waals surface area contributed by atoms with Gasteiger partial charge >= 0.3 is 0 Å². The van der Waals surface area contributed by atoms with Crippen LogP contribution in [0.4, 0.5) is 5.69 Å². The maximum absolute atomic E-state index is 12.7. The Kier molecular flexibility index (Phi) is 5.03. The van der Waals surface area contributed by atoms with Crippen molar-refractivity contribution in [1.82, 2.24) is 10.2 Å². The number of para-hydroxylation sites is 1. The maximum atomic E-state index is 12.7. The fourth-order valence-corrected chi connectivity index (χ4v) is 3.48. The second-order valence-corrected chi connectivity index (χ2v) is 5.88. The van der Waals surface area contributed by atoms with Gasteiger partial charge in [0.1, 0.15) is 5.56 Å². The van der Waals surface area contributed by atoms with Crippen LogP contribution in [-0.4, -0.2) is 41.4 Å². The van der Waals surface area contributed by atoms with Crippen LogP contribution in [0.1, 0.15) is 28.8 Å². The molecule has 2 saturated heterocycles. The Bertz CT molecular complexity index is 593. The summed E-state index contributed by atoms with van der Waals surface area (Å²) in [4.78, 5) is 25.2. The highest BCUT2D eigenvalue weighted by molar-refractivity contribution is 5.98. The molecule has 1 N–H and O–H groups in total. The summed E-state index contributed by atoms with van der Waals surface area (Å²) < 4.78 is 0. The van der Waals surface area contributed by atoms with Crippen molar-refractivity contribution in [3.8, 4) is 0 Å². The lowest BCUT2D eigenvalue weighted by Crippen LogP contribution is -2.47. The number of nitrogens with zero attached hydrogens (tertiary/aromatic N) is 2. The van der Waals surface area contributed by atoms with Crippen LogP contribution >= 0.6 is 12.4 Å². The normalized spacial score (nSPS) is 23.6. The van der Waals surface area contributed by atoms with E-state index in [9.17, 15) is 14.9 Å². The van der Waals surface area contributed by atoms with Crippen molar-refractivity contribution in [3.05, 3.63) is 39.4 Å². The van der Waals surface area contributed by atoms with E-state index in [-0.39, 0.29) is 29.6 Å². The van der Waals surface area contributed by atoms with E-state index >= 15 is 0 Å². The average molecular weight is 326 g/mol. The zero-order valence-electron chi connectivity index (χ0n) is 12.4. The first-order valence-corrected chi connectivity index (χ1v) is 7.34. The first-order valence-electron chi connectivity index (χ1n) is 7.34. The summed E-state index contributed by atoms with van der Waals surface area (Å²) in [6.07, 6.45) is 2.00. The summed E-state index contributed by atoms with van der Waals surface area (Å²) in [6, 6.07) is 5.44. The number of aryl methyl sites for hydroxylation is 1. The number of carbonyl (C=O) groups excluding carboxylic acids is 1. The van der Waals surface area contributed by atoms with E-state index in [1.807, 2.05) is 0 Å². The van der Waals surface area contributed by atoms with Gasteiger partial charge in [-0.1, -0.05) is 12.1 Å². The highest BCUT2D eigenvalue weighted by Gasteiger charge is 2.36. The molecule has 0 aromatic heterocycles.